The average Bonchev–Trinajstić information content (AvgIpc) is 1.87. The van der Waals surface area contributed by atoms with Crippen LogP contribution in [0.25, 0.3) is 0 Å². The number of hydrogen-bond acceptors (Lipinski definition) is 2. The van der Waals surface area contributed by atoms with E-state index >= 15 is 0 Å². The molecule has 0 atom stereocenters. The Morgan fingerprint density at radius 3 is 2.40 bits per heavy atom. The Bertz CT molecular complexity index is 148. The normalized spacial score (nSPS) is 10.9. The molecule has 0 bridgehead atoms. The van der Waals surface area contributed by atoms with Gasteiger partial charge in [-0.2, -0.15) is 4.99 Å². The minimum absolute atomic E-state index is 0.444. The molecule has 0 saturated carbocycles. The molecule has 0 fully saturated rings. The minimum Gasteiger partial charge on any atom is -0.374 e. The van der Waals surface area contributed by atoms with E-state index in [1.165, 1.54) is 0 Å². The summed E-state index contributed by atoms with van der Waals surface area (Å²) in [5.74, 6) is 1.01. The maximum absolute atomic E-state index is 5.47. The van der Waals surface area contributed by atoms with Crippen molar-refractivity contribution >= 4 is 5.96 Å². The molecule has 0 rings (SSSR count). The second-order valence-corrected chi connectivity index (χ2v) is 2.06. The zero-order chi connectivity index (χ0) is 8.15. The highest BCUT2D eigenvalue weighted by molar-refractivity contribution is 5.78. The van der Waals surface area contributed by atoms with Crippen LogP contribution in [0, 0.1) is 0 Å². The molecule has 0 heterocycles. The molecule has 0 spiro atoms. The van der Waals surface area contributed by atoms with Crippen LogP contribution in [0.3, 0.4) is 0 Å². The molecule has 3 N–H and O–H groups in total. The molecule has 0 aliphatic heterocycles. The van der Waals surface area contributed by atoms with Gasteiger partial charge in [0.1, 0.15) is 5.82 Å². The Labute approximate surface area is 61.4 Å². The van der Waals surface area contributed by atoms with Crippen LogP contribution in [0.2, 0.25) is 0 Å². The molecular formula is C6H14N4. The van der Waals surface area contributed by atoms with Gasteiger partial charge in [-0.15, -0.1) is 0 Å². The Balaban J connectivity index is 4.03. The predicted molar refractivity (Wildman–Crippen MR) is 43.5 cm³/mol. The van der Waals surface area contributed by atoms with E-state index < -0.39 is 0 Å². The molecule has 0 aromatic heterocycles. The van der Waals surface area contributed by atoms with E-state index in [0.29, 0.717) is 11.8 Å². The van der Waals surface area contributed by atoms with E-state index in [9.17, 15) is 0 Å². The van der Waals surface area contributed by atoms with Gasteiger partial charge in [0.25, 0.3) is 0 Å². The lowest BCUT2D eigenvalue weighted by Gasteiger charge is -2.10. The molecule has 4 nitrogen and oxygen atoms in total. The van der Waals surface area contributed by atoms with Crippen LogP contribution in [0.5, 0.6) is 0 Å². The van der Waals surface area contributed by atoms with Crippen molar-refractivity contribution in [2.45, 2.75) is 0 Å². The molecule has 10 heavy (non-hydrogen) atoms. The smallest absolute Gasteiger partial charge is 0.197 e. The van der Waals surface area contributed by atoms with Crippen molar-refractivity contribution in [1.29, 1.82) is 0 Å². The van der Waals surface area contributed by atoms with Gasteiger partial charge in [0.05, 0.1) is 0 Å². The summed E-state index contributed by atoms with van der Waals surface area (Å²) in [5, 5.41) is 2.76. The fourth-order valence-corrected chi connectivity index (χ4v) is 0.294. The highest BCUT2D eigenvalue weighted by atomic mass is 15.2. The van der Waals surface area contributed by atoms with Gasteiger partial charge < -0.3 is 16.0 Å². The van der Waals surface area contributed by atoms with E-state index in [1.807, 2.05) is 14.1 Å². The fraction of sp³-hybridized carbons (Fsp3) is 0.500. The van der Waals surface area contributed by atoms with E-state index in [1.54, 1.807) is 11.9 Å². The van der Waals surface area contributed by atoms with Crippen molar-refractivity contribution < 1.29 is 0 Å². The van der Waals surface area contributed by atoms with Gasteiger partial charge in [-0.1, -0.05) is 6.58 Å². The van der Waals surface area contributed by atoms with Crippen LogP contribution >= 0.6 is 0 Å². The Kier molecular flexibility index (Phi) is 3.32. The predicted octanol–water partition coefficient (Wildman–Crippen LogP) is -0.447. The van der Waals surface area contributed by atoms with Crippen LogP contribution < -0.4 is 11.1 Å². The van der Waals surface area contributed by atoms with Crippen LogP contribution in [-0.4, -0.2) is 32.0 Å². The van der Waals surface area contributed by atoms with Crippen LogP contribution in [0.4, 0.5) is 0 Å². The van der Waals surface area contributed by atoms with E-state index in [4.69, 9.17) is 5.73 Å². The lowest BCUT2D eigenvalue weighted by molar-refractivity contribution is 0.612. The van der Waals surface area contributed by atoms with Crippen molar-refractivity contribution in [3.63, 3.8) is 0 Å². The summed E-state index contributed by atoms with van der Waals surface area (Å²) in [6, 6.07) is 0. The van der Waals surface area contributed by atoms with Gasteiger partial charge in [-0.05, 0) is 0 Å². The maximum atomic E-state index is 5.47. The molecule has 0 aromatic rings. The number of nitrogens with one attached hydrogen (secondary N) is 1. The van der Waals surface area contributed by atoms with Gasteiger partial charge in [0, 0.05) is 21.1 Å². The highest BCUT2D eigenvalue weighted by Crippen LogP contribution is 1.84. The first-order chi connectivity index (χ1) is 4.57. The Morgan fingerprint density at radius 2 is 2.10 bits per heavy atom. The number of nitrogens with two attached hydrogens (primary N) is 1. The Hall–Kier alpha value is -1.19. The monoisotopic (exact) mass is 142 g/mol. The minimum atomic E-state index is 0.444. The summed E-state index contributed by atoms with van der Waals surface area (Å²) in [6.45, 7) is 3.59. The van der Waals surface area contributed by atoms with E-state index in [2.05, 4.69) is 16.9 Å². The van der Waals surface area contributed by atoms with E-state index in [0.717, 1.165) is 0 Å². The summed E-state index contributed by atoms with van der Waals surface area (Å²) in [7, 11) is 5.39. The van der Waals surface area contributed by atoms with Crippen LogP contribution in [0.15, 0.2) is 17.4 Å². The van der Waals surface area contributed by atoms with Crippen LogP contribution in [0.1, 0.15) is 0 Å². The third-order valence-corrected chi connectivity index (χ3v) is 0.996. The van der Waals surface area contributed by atoms with Crippen molar-refractivity contribution in [1.82, 2.24) is 10.2 Å². The van der Waals surface area contributed by atoms with Crippen molar-refractivity contribution in [2.75, 3.05) is 21.1 Å². The van der Waals surface area contributed by atoms with Crippen molar-refractivity contribution in [2.24, 2.45) is 10.7 Å². The number of nitrogens with zero attached hydrogens (tertiary/aromatic N) is 2. The average molecular weight is 142 g/mol. The van der Waals surface area contributed by atoms with E-state index in [-0.39, 0.29) is 0 Å². The third-order valence-electron chi connectivity index (χ3n) is 0.996. The molecule has 58 valence electrons. The lowest BCUT2D eigenvalue weighted by Crippen LogP contribution is -2.30. The molecule has 0 saturated heterocycles. The zero-order valence-corrected chi connectivity index (χ0v) is 6.68. The van der Waals surface area contributed by atoms with Gasteiger partial charge in [0.15, 0.2) is 5.96 Å². The first kappa shape index (κ1) is 8.81. The number of guanidine groups is 1. The van der Waals surface area contributed by atoms with Gasteiger partial charge in [-0.25, -0.2) is 0 Å². The summed E-state index contributed by atoms with van der Waals surface area (Å²) in [6.07, 6.45) is 0. The molecule has 0 radical (unpaired) electrons. The molecule has 4 heteroatoms. The molecule has 0 aliphatic carbocycles. The Morgan fingerprint density at radius 1 is 1.60 bits per heavy atom. The van der Waals surface area contributed by atoms with Gasteiger partial charge >= 0.3 is 0 Å². The first-order valence-corrected chi connectivity index (χ1v) is 2.96. The maximum Gasteiger partial charge on any atom is 0.197 e. The second-order valence-electron chi connectivity index (χ2n) is 2.06. The molecular weight excluding hydrogens is 128 g/mol. The standard InChI is InChI=1S/C6H14N4/c1-5(8-2)9-6(7)10(3)4/h8H,1H2,2-4H3,(H2,7,9). The van der Waals surface area contributed by atoms with Crippen LogP contribution in [-0.2, 0) is 0 Å². The van der Waals surface area contributed by atoms with Crippen molar-refractivity contribution in [3.05, 3.63) is 12.4 Å². The summed E-state index contributed by atoms with van der Waals surface area (Å²) in [5.41, 5.74) is 5.47. The fourth-order valence-electron chi connectivity index (χ4n) is 0.294. The number of rotatable bonds is 2. The third kappa shape index (κ3) is 2.96. The second kappa shape index (κ2) is 3.76. The quantitative estimate of drug-likeness (QED) is 0.406. The SMILES string of the molecule is C=C(/N=C(/N)N(C)C)NC. The largest absolute Gasteiger partial charge is 0.374 e. The molecule has 0 aliphatic rings. The lowest BCUT2D eigenvalue weighted by atomic mass is 10.7. The summed E-state index contributed by atoms with van der Waals surface area (Å²) < 4.78 is 0. The highest BCUT2D eigenvalue weighted by Gasteiger charge is 1.92. The topological polar surface area (TPSA) is 53.6 Å². The zero-order valence-electron chi connectivity index (χ0n) is 6.68. The summed E-state index contributed by atoms with van der Waals surface area (Å²) in [4.78, 5) is 5.62. The van der Waals surface area contributed by atoms with Gasteiger partial charge in [0.2, 0.25) is 0 Å². The molecule has 0 amide bonds. The first-order valence-electron chi connectivity index (χ1n) is 2.96. The van der Waals surface area contributed by atoms with Gasteiger partial charge in [-0.3, -0.25) is 0 Å². The molecule has 0 aromatic carbocycles. The number of hydrogen-bond donors (Lipinski definition) is 2. The summed E-state index contributed by atoms with van der Waals surface area (Å²) >= 11 is 0. The number of aliphatic imine (C=N–C) groups is 1. The van der Waals surface area contributed by atoms with Crippen molar-refractivity contribution in [3.8, 4) is 0 Å². The molecule has 0 unspecified atom stereocenters.